The van der Waals surface area contributed by atoms with Crippen molar-refractivity contribution in [1.29, 1.82) is 0 Å². The van der Waals surface area contributed by atoms with E-state index in [0.717, 1.165) is 0 Å². The summed E-state index contributed by atoms with van der Waals surface area (Å²) in [7, 11) is 0. The van der Waals surface area contributed by atoms with Crippen LogP contribution in [0.4, 0.5) is 0 Å². The largest absolute Gasteiger partial charge is 0.473 e. The van der Waals surface area contributed by atoms with E-state index in [-0.39, 0.29) is 5.41 Å². The van der Waals surface area contributed by atoms with Crippen LogP contribution in [0.3, 0.4) is 0 Å². The van der Waals surface area contributed by atoms with Gasteiger partial charge in [0.15, 0.2) is 6.23 Å². The van der Waals surface area contributed by atoms with Gasteiger partial charge in [0.25, 0.3) is 0 Å². The molecular weight excluding hydrogens is 188 g/mol. The van der Waals surface area contributed by atoms with E-state index in [1.54, 1.807) is 0 Å². The van der Waals surface area contributed by atoms with Gasteiger partial charge in [-0.2, -0.15) is 0 Å². The number of hydrogen-bond acceptors (Lipinski definition) is 5. The highest BCUT2D eigenvalue weighted by Crippen LogP contribution is 2.19. The summed E-state index contributed by atoms with van der Waals surface area (Å²) in [6.07, 6.45) is -0.611. The monoisotopic (exact) mass is 204 g/mol. The maximum Gasteiger partial charge on any atom is 0.418 e. The van der Waals surface area contributed by atoms with Crippen molar-refractivity contribution < 1.29 is 19.4 Å². The number of nitrogens with two attached hydrogens (primary N) is 2. The molecule has 0 aromatic carbocycles. The summed E-state index contributed by atoms with van der Waals surface area (Å²) in [5.74, 6) is -2.99. The number of hydrogen-bond donors (Lipinski definition) is 3. The Kier molecular flexibility index (Phi) is 4.52. The van der Waals surface area contributed by atoms with Gasteiger partial charge in [-0.1, -0.05) is 13.8 Å². The third-order valence-electron chi connectivity index (χ3n) is 1.74. The molecule has 6 heteroatoms. The van der Waals surface area contributed by atoms with Crippen molar-refractivity contribution >= 4 is 11.9 Å². The van der Waals surface area contributed by atoms with Gasteiger partial charge in [-0.05, 0) is 12.0 Å². The van der Waals surface area contributed by atoms with Gasteiger partial charge in [-0.15, -0.1) is 0 Å². The van der Waals surface area contributed by atoms with Gasteiger partial charge in [-0.3, -0.25) is 5.73 Å². The maximum absolute atomic E-state index is 10.6. The van der Waals surface area contributed by atoms with Gasteiger partial charge >= 0.3 is 11.9 Å². The molecule has 0 saturated carbocycles. The van der Waals surface area contributed by atoms with E-state index in [9.17, 15) is 9.59 Å². The standard InChI is InChI=1S/C8H16N2O4/c1-8(2,4-9)3-5(10)14-7(13)6(11)12/h5H,3-4,9-10H2,1-2H3,(H,11,12). The Hall–Kier alpha value is -1.14. The average Bonchev–Trinajstić information content (AvgIpc) is 2.02. The molecule has 5 N–H and O–H groups in total. The maximum atomic E-state index is 10.6. The number of carboxylic acids is 1. The van der Waals surface area contributed by atoms with E-state index in [2.05, 4.69) is 4.74 Å². The first kappa shape index (κ1) is 12.9. The van der Waals surface area contributed by atoms with Crippen LogP contribution in [-0.4, -0.2) is 29.8 Å². The summed E-state index contributed by atoms with van der Waals surface area (Å²) in [5.41, 5.74) is 10.6. The highest BCUT2D eigenvalue weighted by Gasteiger charge is 2.24. The number of rotatable bonds is 4. The zero-order valence-corrected chi connectivity index (χ0v) is 8.32. The molecule has 1 atom stereocenters. The lowest BCUT2D eigenvalue weighted by atomic mass is 9.89. The number of aliphatic carboxylic acids is 1. The van der Waals surface area contributed by atoms with Crippen molar-refractivity contribution in [2.75, 3.05) is 6.54 Å². The van der Waals surface area contributed by atoms with Crippen molar-refractivity contribution in [2.24, 2.45) is 16.9 Å². The van der Waals surface area contributed by atoms with E-state index >= 15 is 0 Å². The van der Waals surface area contributed by atoms with Gasteiger partial charge in [-0.25, -0.2) is 9.59 Å². The number of carboxylic acid groups (broad SMARTS) is 1. The fraction of sp³-hybridized carbons (Fsp3) is 0.750. The topological polar surface area (TPSA) is 116 Å². The SMILES string of the molecule is CC(C)(CN)CC(N)OC(=O)C(=O)O. The van der Waals surface area contributed by atoms with Crippen molar-refractivity contribution in [1.82, 2.24) is 0 Å². The van der Waals surface area contributed by atoms with Crippen LogP contribution in [0.5, 0.6) is 0 Å². The molecule has 0 rings (SSSR count). The number of esters is 1. The second-order valence-corrected chi connectivity index (χ2v) is 3.82. The summed E-state index contributed by atoms with van der Waals surface area (Å²) in [6.45, 7) is 4.08. The molecule has 0 amide bonds. The van der Waals surface area contributed by atoms with E-state index in [1.165, 1.54) is 0 Å². The van der Waals surface area contributed by atoms with Crippen LogP contribution in [0.25, 0.3) is 0 Å². The molecule has 0 aliphatic heterocycles. The van der Waals surface area contributed by atoms with Crippen LogP contribution in [0.1, 0.15) is 20.3 Å². The molecule has 0 aliphatic rings. The third kappa shape index (κ3) is 4.78. The minimum atomic E-state index is -1.65. The summed E-state index contributed by atoms with van der Waals surface area (Å²) in [5, 5.41) is 8.23. The minimum Gasteiger partial charge on any atom is -0.473 e. The first-order valence-corrected chi connectivity index (χ1v) is 4.18. The van der Waals surface area contributed by atoms with E-state index in [4.69, 9.17) is 16.6 Å². The van der Waals surface area contributed by atoms with Crippen LogP contribution < -0.4 is 11.5 Å². The fourth-order valence-corrected chi connectivity index (χ4v) is 0.858. The van der Waals surface area contributed by atoms with Crippen LogP contribution in [-0.2, 0) is 14.3 Å². The smallest absolute Gasteiger partial charge is 0.418 e. The number of ether oxygens (including phenoxy) is 1. The molecule has 0 fully saturated rings. The first-order valence-electron chi connectivity index (χ1n) is 4.18. The van der Waals surface area contributed by atoms with Crippen LogP contribution in [0, 0.1) is 5.41 Å². The molecule has 6 nitrogen and oxygen atoms in total. The van der Waals surface area contributed by atoms with Crippen molar-refractivity contribution in [3.63, 3.8) is 0 Å². The summed E-state index contributed by atoms with van der Waals surface area (Å²) in [6, 6.07) is 0. The van der Waals surface area contributed by atoms with Gasteiger partial charge in [0.1, 0.15) is 0 Å². The fourth-order valence-electron chi connectivity index (χ4n) is 0.858. The lowest BCUT2D eigenvalue weighted by molar-refractivity contribution is -0.168. The van der Waals surface area contributed by atoms with Gasteiger partial charge in [0.2, 0.25) is 0 Å². The highest BCUT2D eigenvalue weighted by atomic mass is 16.6. The molecular formula is C8H16N2O4. The lowest BCUT2D eigenvalue weighted by Gasteiger charge is -2.25. The summed E-state index contributed by atoms with van der Waals surface area (Å²) in [4.78, 5) is 20.7. The Balaban J connectivity index is 4.05. The molecule has 0 bridgehead atoms. The van der Waals surface area contributed by atoms with E-state index in [1.807, 2.05) is 13.8 Å². The Labute approximate surface area is 82.2 Å². The molecule has 0 saturated heterocycles. The molecule has 14 heavy (non-hydrogen) atoms. The second kappa shape index (κ2) is 4.92. The van der Waals surface area contributed by atoms with Gasteiger partial charge < -0.3 is 15.6 Å². The number of carbonyl (C=O) groups is 2. The van der Waals surface area contributed by atoms with Gasteiger partial charge in [0, 0.05) is 6.42 Å². The zero-order valence-electron chi connectivity index (χ0n) is 8.32. The molecule has 0 aliphatic carbocycles. The van der Waals surface area contributed by atoms with Gasteiger partial charge in [0.05, 0.1) is 0 Å². The van der Waals surface area contributed by atoms with E-state index < -0.39 is 18.2 Å². The van der Waals surface area contributed by atoms with Crippen molar-refractivity contribution in [3.8, 4) is 0 Å². The lowest BCUT2D eigenvalue weighted by Crippen LogP contribution is -2.37. The zero-order chi connectivity index (χ0) is 11.4. The Morgan fingerprint density at radius 1 is 1.50 bits per heavy atom. The van der Waals surface area contributed by atoms with E-state index in [0.29, 0.717) is 13.0 Å². The molecule has 0 aromatic heterocycles. The summed E-state index contributed by atoms with van der Waals surface area (Å²) >= 11 is 0. The Bertz CT molecular complexity index is 227. The quantitative estimate of drug-likeness (QED) is 0.316. The summed E-state index contributed by atoms with van der Waals surface area (Å²) < 4.78 is 4.43. The van der Waals surface area contributed by atoms with Crippen LogP contribution >= 0.6 is 0 Å². The normalized spacial score (nSPS) is 13.4. The molecule has 1 unspecified atom stereocenters. The number of carbonyl (C=O) groups excluding carboxylic acids is 1. The van der Waals surface area contributed by atoms with Crippen LogP contribution in [0.15, 0.2) is 0 Å². The molecule has 0 aromatic rings. The average molecular weight is 204 g/mol. The van der Waals surface area contributed by atoms with Crippen LogP contribution in [0.2, 0.25) is 0 Å². The predicted molar refractivity (Wildman–Crippen MR) is 49.2 cm³/mol. The first-order chi connectivity index (χ1) is 6.28. The predicted octanol–water partition coefficient (Wildman–Crippen LogP) is -0.726. The third-order valence-corrected chi connectivity index (χ3v) is 1.74. The second-order valence-electron chi connectivity index (χ2n) is 3.82. The van der Waals surface area contributed by atoms with Crippen molar-refractivity contribution in [3.05, 3.63) is 0 Å². The minimum absolute atomic E-state index is 0.280. The highest BCUT2D eigenvalue weighted by molar-refractivity contribution is 6.28. The van der Waals surface area contributed by atoms with Crippen molar-refractivity contribution in [2.45, 2.75) is 26.5 Å². The molecule has 82 valence electrons. The Morgan fingerprint density at radius 3 is 2.36 bits per heavy atom. The Morgan fingerprint density at radius 2 is 2.00 bits per heavy atom. The molecule has 0 spiro atoms. The molecule has 0 radical (unpaired) electrons. The molecule has 0 heterocycles.